The molecule has 0 aromatic heterocycles. The van der Waals surface area contributed by atoms with Gasteiger partial charge in [0.2, 0.25) is 11.8 Å². The molecule has 1 aliphatic rings. The second-order valence-corrected chi connectivity index (χ2v) is 7.64. The van der Waals surface area contributed by atoms with Crippen LogP contribution in [0.5, 0.6) is 0 Å². The summed E-state index contributed by atoms with van der Waals surface area (Å²) in [5.41, 5.74) is 0.547. The maximum absolute atomic E-state index is 12.9. The first-order valence-corrected chi connectivity index (χ1v) is 8.99. The lowest BCUT2D eigenvalue weighted by molar-refractivity contribution is -0.125. The molecule has 1 heterocycles. The van der Waals surface area contributed by atoms with E-state index in [-0.39, 0.29) is 23.2 Å². The number of nitrogens with zero attached hydrogens (tertiary/aromatic N) is 2. The summed E-state index contributed by atoms with van der Waals surface area (Å²) in [4.78, 5) is 28.3. The van der Waals surface area contributed by atoms with E-state index in [2.05, 4.69) is 10.2 Å². The molecule has 0 saturated carbocycles. The molecule has 0 unspecified atom stereocenters. The lowest BCUT2D eigenvalue weighted by Crippen LogP contribution is -2.46. The number of nitrogens with one attached hydrogen (secondary N) is 1. The Labute approximate surface area is 154 Å². The molecule has 1 N–H and O–H groups in total. The van der Waals surface area contributed by atoms with Crippen molar-refractivity contribution in [2.45, 2.75) is 32.7 Å². The molecule has 5 nitrogen and oxygen atoms in total. The van der Waals surface area contributed by atoms with Gasteiger partial charge >= 0.3 is 0 Å². The third-order valence-electron chi connectivity index (χ3n) is 4.07. The monoisotopic (exact) mass is 361 g/mol. The molecule has 1 fully saturated rings. The highest BCUT2D eigenvalue weighted by Gasteiger charge is 2.21. The number of halogens is 1. The molecule has 1 saturated heterocycles. The van der Waals surface area contributed by atoms with E-state index < -0.39 is 0 Å². The SMILES string of the molecule is CC(C)(C)NC(=O)CN1CCCN(C(=O)/C=C/c2ccc(F)cc2)CC1. The topological polar surface area (TPSA) is 52.7 Å². The first-order valence-electron chi connectivity index (χ1n) is 8.99. The highest BCUT2D eigenvalue weighted by molar-refractivity contribution is 5.91. The van der Waals surface area contributed by atoms with Crippen LogP contribution in [0, 0.1) is 5.82 Å². The number of carbonyl (C=O) groups is 2. The van der Waals surface area contributed by atoms with E-state index in [9.17, 15) is 14.0 Å². The molecular formula is C20H28FN3O2. The third-order valence-corrected chi connectivity index (χ3v) is 4.07. The molecule has 2 rings (SSSR count). The first-order chi connectivity index (χ1) is 12.2. The molecule has 1 aromatic carbocycles. The Morgan fingerprint density at radius 3 is 2.46 bits per heavy atom. The molecule has 0 spiro atoms. The van der Waals surface area contributed by atoms with Crippen molar-refractivity contribution in [2.75, 3.05) is 32.7 Å². The van der Waals surface area contributed by atoms with Crippen LogP contribution in [-0.4, -0.2) is 59.9 Å². The predicted octanol–water partition coefficient (Wildman–Crippen LogP) is 2.29. The highest BCUT2D eigenvalue weighted by Crippen LogP contribution is 2.08. The second-order valence-electron chi connectivity index (χ2n) is 7.64. The van der Waals surface area contributed by atoms with Gasteiger partial charge in [0.1, 0.15) is 5.82 Å². The molecule has 1 aromatic rings. The van der Waals surface area contributed by atoms with Gasteiger partial charge in [-0.15, -0.1) is 0 Å². The van der Waals surface area contributed by atoms with Gasteiger partial charge in [-0.1, -0.05) is 12.1 Å². The van der Waals surface area contributed by atoms with Crippen molar-refractivity contribution in [3.8, 4) is 0 Å². The summed E-state index contributed by atoms with van der Waals surface area (Å²) in [5, 5.41) is 2.96. The van der Waals surface area contributed by atoms with Crippen LogP contribution in [-0.2, 0) is 9.59 Å². The van der Waals surface area contributed by atoms with Gasteiger partial charge in [-0.3, -0.25) is 14.5 Å². The molecule has 1 aliphatic heterocycles. The predicted molar refractivity (Wildman–Crippen MR) is 101 cm³/mol. The molecule has 0 radical (unpaired) electrons. The van der Waals surface area contributed by atoms with Crippen LogP contribution in [0.15, 0.2) is 30.3 Å². The summed E-state index contributed by atoms with van der Waals surface area (Å²) in [5.74, 6) is -0.347. The van der Waals surface area contributed by atoms with Crippen molar-refractivity contribution < 1.29 is 14.0 Å². The highest BCUT2D eigenvalue weighted by atomic mass is 19.1. The lowest BCUT2D eigenvalue weighted by Gasteiger charge is -2.24. The minimum Gasteiger partial charge on any atom is -0.350 e. The average Bonchev–Trinajstić information content (AvgIpc) is 2.78. The standard InChI is InChI=1S/C20H28FN3O2/c1-20(2,3)22-18(25)15-23-11-4-12-24(14-13-23)19(26)10-7-16-5-8-17(21)9-6-16/h5-10H,4,11-15H2,1-3H3,(H,22,25)/b10-7+. The third kappa shape index (κ3) is 6.96. The maximum Gasteiger partial charge on any atom is 0.246 e. The molecule has 0 atom stereocenters. The summed E-state index contributed by atoms with van der Waals surface area (Å²) >= 11 is 0. The van der Waals surface area contributed by atoms with Gasteiger partial charge in [-0.25, -0.2) is 4.39 Å². The van der Waals surface area contributed by atoms with E-state index in [1.165, 1.54) is 18.2 Å². The Hall–Kier alpha value is -2.21. The molecule has 6 heteroatoms. The van der Waals surface area contributed by atoms with E-state index in [1.54, 1.807) is 23.1 Å². The Kier molecular flexibility index (Phi) is 6.91. The minimum absolute atomic E-state index is 0.00785. The Balaban J connectivity index is 1.84. The number of carbonyl (C=O) groups excluding carboxylic acids is 2. The van der Waals surface area contributed by atoms with Gasteiger partial charge in [0, 0.05) is 37.8 Å². The van der Waals surface area contributed by atoms with Crippen LogP contribution in [0.3, 0.4) is 0 Å². The lowest BCUT2D eigenvalue weighted by atomic mass is 10.1. The van der Waals surface area contributed by atoms with E-state index in [0.29, 0.717) is 26.2 Å². The van der Waals surface area contributed by atoms with Crippen molar-refractivity contribution in [1.29, 1.82) is 0 Å². The number of rotatable bonds is 4. The fourth-order valence-electron chi connectivity index (χ4n) is 2.86. The van der Waals surface area contributed by atoms with Crippen molar-refractivity contribution >= 4 is 17.9 Å². The summed E-state index contributed by atoms with van der Waals surface area (Å²) in [6, 6.07) is 6.02. The van der Waals surface area contributed by atoms with E-state index in [4.69, 9.17) is 0 Å². The zero-order valence-corrected chi connectivity index (χ0v) is 15.8. The second kappa shape index (κ2) is 8.94. The fourth-order valence-corrected chi connectivity index (χ4v) is 2.86. The van der Waals surface area contributed by atoms with Crippen molar-refractivity contribution in [3.63, 3.8) is 0 Å². The van der Waals surface area contributed by atoms with Crippen LogP contribution in [0.2, 0.25) is 0 Å². The fraction of sp³-hybridized carbons (Fsp3) is 0.500. The van der Waals surface area contributed by atoms with Gasteiger partial charge in [0.25, 0.3) is 0 Å². The van der Waals surface area contributed by atoms with Gasteiger partial charge in [0.15, 0.2) is 0 Å². The van der Waals surface area contributed by atoms with Gasteiger partial charge in [-0.05, 0) is 51.0 Å². The zero-order chi connectivity index (χ0) is 19.2. The van der Waals surface area contributed by atoms with E-state index >= 15 is 0 Å². The quantitative estimate of drug-likeness (QED) is 0.837. The molecule has 142 valence electrons. The summed E-state index contributed by atoms with van der Waals surface area (Å²) < 4.78 is 12.9. The minimum atomic E-state index is -0.295. The smallest absolute Gasteiger partial charge is 0.246 e. The van der Waals surface area contributed by atoms with Crippen LogP contribution in [0.1, 0.15) is 32.8 Å². The van der Waals surface area contributed by atoms with Gasteiger partial charge in [-0.2, -0.15) is 0 Å². The molecule has 0 bridgehead atoms. The average molecular weight is 361 g/mol. The normalized spacial score (nSPS) is 16.5. The zero-order valence-electron chi connectivity index (χ0n) is 15.8. The van der Waals surface area contributed by atoms with Crippen molar-refractivity contribution in [1.82, 2.24) is 15.1 Å². The van der Waals surface area contributed by atoms with E-state index in [1.807, 2.05) is 20.8 Å². The Bertz CT molecular complexity index is 650. The number of amides is 2. The van der Waals surface area contributed by atoms with Crippen LogP contribution in [0.4, 0.5) is 4.39 Å². The number of hydrogen-bond donors (Lipinski definition) is 1. The van der Waals surface area contributed by atoms with Crippen molar-refractivity contribution in [2.24, 2.45) is 0 Å². The van der Waals surface area contributed by atoms with Crippen LogP contribution in [0.25, 0.3) is 6.08 Å². The number of benzene rings is 1. The number of hydrogen-bond acceptors (Lipinski definition) is 3. The Morgan fingerprint density at radius 2 is 1.81 bits per heavy atom. The summed E-state index contributed by atoms with van der Waals surface area (Å²) in [6.07, 6.45) is 4.05. The first kappa shape index (κ1) is 20.1. The summed E-state index contributed by atoms with van der Waals surface area (Å²) in [6.45, 7) is 8.96. The molecule has 2 amide bonds. The maximum atomic E-state index is 12.9. The molecule has 26 heavy (non-hydrogen) atoms. The van der Waals surface area contributed by atoms with Gasteiger partial charge < -0.3 is 10.2 Å². The largest absolute Gasteiger partial charge is 0.350 e. The van der Waals surface area contributed by atoms with Crippen LogP contribution < -0.4 is 5.32 Å². The molecule has 0 aliphatic carbocycles. The molecular weight excluding hydrogens is 333 g/mol. The van der Waals surface area contributed by atoms with E-state index in [0.717, 1.165) is 18.5 Å². The van der Waals surface area contributed by atoms with Crippen molar-refractivity contribution in [3.05, 3.63) is 41.7 Å². The Morgan fingerprint density at radius 1 is 1.12 bits per heavy atom. The van der Waals surface area contributed by atoms with Gasteiger partial charge in [0.05, 0.1) is 6.54 Å². The summed E-state index contributed by atoms with van der Waals surface area (Å²) in [7, 11) is 0. The van der Waals surface area contributed by atoms with Crippen LogP contribution >= 0.6 is 0 Å².